The van der Waals surface area contributed by atoms with Crippen molar-refractivity contribution in [1.29, 1.82) is 0 Å². The van der Waals surface area contributed by atoms with Crippen LogP contribution in [0.3, 0.4) is 0 Å². The Labute approximate surface area is 223 Å². The van der Waals surface area contributed by atoms with Crippen LogP contribution in [0.5, 0.6) is 0 Å². The van der Waals surface area contributed by atoms with Gasteiger partial charge in [-0.3, -0.25) is 14.0 Å². The maximum atomic E-state index is 14.5. The molecule has 0 bridgehead atoms. The smallest absolute Gasteiger partial charge is 0.338 e. The van der Waals surface area contributed by atoms with Crippen LogP contribution in [-0.2, 0) is 17.7 Å². The maximum absolute atomic E-state index is 14.5. The lowest BCUT2D eigenvalue weighted by Crippen LogP contribution is -2.33. The summed E-state index contributed by atoms with van der Waals surface area (Å²) in [6.07, 6.45) is 8.17. The number of rotatable bonds is 9. The highest BCUT2D eigenvalue weighted by Crippen LogP contribution is 2.29. The van der Waals surface area contributed by atoms with Gasteiger partial charge in [-0.25, -0.2) is 19.3 Å². The van der Waals surface area contributed by atoms with Gasteiger partial charge in [0, 0.05) is 63.9 Å². The van der Waals surface area contributed by atoms with Crippen molar-refractivity contribution < 1.29 is 9.13 Å². The van der Waals surface area contributed by atoms with Crippen molar-refractivity contribution >= 4 is 5.70 Å². The van der Waals surface area contributed by atoms with Gasteiger partial charge in [0.1, 0.15) is 11.6 Å². The van der Waals surface area contributed by atoms with Gasteiger partial charge < -0.3 is 9.75 Å². The molecule has 0 spiro atoms. The van der Waals surface area contributed by atoms with Gasteiger partial charge in [0.25, 0.3) is 0 Å². The number of allylic oxidation sites excluding steroid dienone is 3. The van der Waals surface area contributed by atoms with Crippen molar-refractivity contribution in [2.45, 2.75) is 47.6 Å². The van der Waals surface area contributed by atoms with E-state index in [4.69, 9.17) is 9.84 Å². The highest BCUT2D eigenvalue weighted by Gasteiger charge is 2.28. The monoisotopic (exact) mass is 523 g/mol. The second-order valence-corrected chi connectivity index (χ2v) is 9.55. The van der Waals surface area contributed by atoms with E-state index < -0.39 is 0 Å². The average molecular weight is 524 g/mol. The van der Waals surface area contributed by atoms with Gasteiger partial charge in [0.15, 0.2) is 0 Å². The molecule has 0 saturated heterocycles. The summed E-state index contributed by atoms with van der Waals surface area (Å²) < 4.78 is 25.2. The topological polar surface area (TPSA) is 72.5 Å². The Balaban J connectivity index is 1.92. The van der Waals surface area contributed by atoms with Crippen molar-refractivity contribution in [1.82, 2.24) is 34.2 Å². The normalized spacial score (nSPS) is 14.7. The molecule has 0 aliphatic carbocycles. The number of aryl methyl sites for hydroxylation is 2. The Kier molecular flexibility index (Phi) is 8.35. The standard InChI is InChI=1S/C28H38FN7O2/c1-8-10-25(32(7)30-6)21(5)34-13-14-35(28(34)37)27-23-17-33(18-38-9-2)12-11-24(23)31-36(27)22-15-19(3)26(29)20(4)16-22/h8,10,13-16,30H,9,11-12,17-18H2,1-7H3/b10-8-,25-21+. The van der Waals surface area contributed by atoms with Crippen molar-refractivity contribution in [3.8, 4) is 11.5 Å². The molecule has 2 aromatic heterocycles. The van der Waals surface area contributed by atoms with E-state index in [-0.39, 0.29) is 11.5 Å². The van der Waals surface area contributed by atoms with Crippen LogP contribution >= 0.6 is 0 Å². The summed E-state index contributed by atoms with van der Waals surface area (Å²) in [5.74, 6) is 0.432. The fraction of sp³-hybridized carbons (Fsp3) is 0.429. The molecule has 3 aromatic rings. The van der Waals surface area contributed by atoms with Crippen LogP contribution in [0.25, 0.3) is 17.2 Å². The van der Waals surface area contributed by atoms with Crippen LogP contribution in [-0.4, -0.2) is 62.8 Å². The second-order valence-electron chi connectivity index (χ2n) is 9.55. The summed E-state index contributed by atoms with van der Waals surface area (Å²) in [4.78, 5) is 16.1. The van der Waals surface area contributed by atoms with E-state index in [0.29, 0.717) is 36.8 Å². The molecule has 1 N–H and O–H groups in total. The number of aromatic nitrogens is 4. The van der Waals surface area contributed by atoms with Crippen LogP contribution in [0.2, 0.25) is 0 Å². The summed E-state index contributed by atoms with van der Waals surface area (Å²) >= 11 is 0. The van der Waals surface area contributed by atoms with Gasteiger partial charge in [-0.15, -0.1) is 0 Å². The van der Waals surface area contributed by atoms with Crippen molar-refractivity contribution in [2.24, 2.45) is 0 Å². The zero-order valence-electron chi connectivity index (χ0n) is 23.4. The van der Waals surface area contributed by atoms with Gasteiger partial charge in [0.05, 0.1) is 23.8 Å². The molecule has 0 fully saturated rings. The number of fused-ring (bicyclic) bond motifs is 1. The minimum atomic E-state index is -0.232. The molecular formula is C28H38FN7O2. The third-order valence-corrected chi connectivity index (χ3v) is 6.99. The van der Waals surface area contributed by atoms with Crippen LogP contribution in [0, 0.1) is 19.7 Å². The summed E-state index contributed by atoms with van der Waals surface area (Å²) in [6.45, 7) is 11.9. The van der Waals surface area contributed by atoms with E-state index in [0.717, 1.165) is 41.3 Å². The number of likely N-dealkylation sites (N-methyl/N-ethyl adjacent to an activating group) is 1. The average Bonchev–Trinajstić information content (AvgIpc) is 3.47. The van der Waals surface area contributed by atoms with Crippen LogP contribution < -0.4 is 11.1 Å². The van der Waals surface area contributed by atoms with Crippen LogP contribution in [0.1, 0.15) is 43.2 Å². The first-order valence-electron chi connectivity index (χ1n) is 12.9. The van der Waals surface area contributed by atoms with E-state index in [2.05, 4.69) is 10.3 Å². The molecule has 0 radical (unpaired) electrons. The maximum Gasteiger partial charge on any atom is 0.338 e. The van der Waals surface area contributed by atoms with E-state index >= 15 is 0 Å². The third-order valence-electron chi connectivity index (χ3n) is 6.99. The number of ether oxygens (including phenoxy) is 1. The van der Waals surface area contributed by atoms with Crippen LogP contribution in [0.15, 0.2) is 47.2 Å². The van der Waals surface area contributed by atoms with E-state index in [1.54, 1.807) is 52.2 Å². The van der Waals surface area contributed by atoms with Gasteiger partial charge in [-0.05, 0) is 64.0 Å². The zero-order chi connectivity index (χ0) is 27.6. The van der Waals surface area contributed by atoms with E-state index in [1.165, 1.54) is 0 Å². The Morgan fingerprint density at radius 3 is 2.61 bits per heavy atom. The third kappa shape index (κ3) is 5.11. The summed E-state index contributed by atoms with van der Waals surface area (Å²) in [5.41, 5.74) is 8.22. The quantitative estimate of drug-likeness (QED) is 0.340. The lowest BCUT2D eigenvalue weighted by Gasteiger charge is -2.26. The fourth-order valence-corrected chi connectivity index (χ4v) is 4.89. The lowest BCUT2D eigenvalue weighted by molar-refractivity contribution is 0.0278. The molecule has 0 saturated carbocycles. The Morgan fingerprint density at radius 1 is 1.26 bits per heavy atom. The fourth-order valence-electron chi connectivity index (χ4n) is 4.89. The highest BCUT2D eigenvalue weighted by atomic mass is 19.1. The van der Waals surface area contributed by atoms with Gasteiger partial charge >= 0.3 is 5.69 Å². The Hall–Kier alpha value is -3.47. The molecule has 10 heteroatoms. The molecule has 9 nitrogen and oxygen atoms in total. The SMILES string of the molecule is C/C=C\C(=C(\C)n1ccn(-c2c3c(nn2-c2cc(C)c(F)c(C)c2)CCN(COCC)C3)c1=O)N(C)NC. The molecule has 38 heavy (non-hydrogen) atoms. The lowest BCUT2D eigenvalue weighted by atomic mass is 10.1. The number of hydrogen-bond donors (Lipinski definition) is 1. The number of benzene rings is 1. The predicted molar refractivity (Wildman–Crippen MR) is 148 cm³/mol. The minimum absolute atomic E-state index is 0.213. The molecule has 3 heterocycles. The highest BCUT2D eigenvalue weighted by molar-refractivity contribution is 5.53. The molecule has 4 rings (SSSR count). The number of nitrogens with one attached hydrogen (secondary N) is 1. The summed E-state index contributed by atoms with van der Waals surface area (Å²) in [7, 11) is 3.73. The number of halogens is 1. The number of hydrazine groups is 1. The summed E-state index contributed by atoms with van der Waals surface area (Å²) in [6, 6.07) is 3.56. The summed E-state index contributed by atoms with van der Waals surface area (Å²) in [5, 5.41) is 6.80. The van der Waals surface area contributed by atoms with Gasteiger partial charge in [-0.2, -0.15) is 5.10 Å². The first-order chi connectivity index (χ1) is 18.2. The molecular weight excluding hydrogens is 485 g/mol. The minimum Gasteiger partial charge on any atom is -0.366 e. The zero-order valence-corrected chi connectivity index (χ0v) is 23.4. The van der Waals surface area contributed by atoms with Crippen molar-refractivity contribution in [2.75, 3.05) is 34.0 Å². The molecule has 1 aliphatic heterocycles. The predicted octanol–water partition coefficient (Wildman–Crippen LogP) is 3.76. The molecule has 0 atom stereocenters. The Bertz CT molecular complexity index is 1410. The second kappa shape index (κ2) is 11.5. The first-order valence-corrected chi connectivity index (χ1v) is 12.9. The largest absolute Gasteiger partial charge is 0.366 e. The Morgan fingerprint density at radius 2 is 1.97 bits per heavy atom. The van der Waals surface area contributed by atoms with Gasteiger partial charge in [-0.1, -0.05) is 6.08 Å². The first kappa shape index (κ1) is 27.6. The molecule has 1 aromatic carbocycles. The number of hydrogen-bond acceptors (Lipinski definition) is 6. The van der Waals surface area contributed by atoms with E-state index in [9.17, 15) is 9.18 Å². The molecule has 0 amide bonds. The van der Waals surface area contributed by atoms with E-state index in [1.807, 2.05) is 52.0 Å². The van der Waals surface area contributed by atoms with Gasteiger partial charge in [0.2, 0.25) is 0 Å². The number of imidazole rings is 1. The van der Waals surface area contributed by atoms with Crippen molar-refractivity contribution in [3.63, 3.8) is 0 Å². The molecule has 0 unspecified atom stereocenters. The molecule has 1 aliphatic rings. The number of nitrogens with zero attached hydrogens (tertiary/aromatic N) is 6. The molecule has 204 valence electrons. The van der Waals surface area contributed by atoms with Crippen molar-refractivity contribution in [3.05, 3.63) is 81.1 Å². The van der Waals surface area contributed by atoms with Crippen LogP contribution in [0.4, 0.5) is 4.39 Å².